The van der Waals surface area contributed by atoms with Crippen LogP contribution < -0.4 is 10.5 Å². The predicted molar refractivity (Wildman–Crippen MR) is 76.6 cm³/mol. The monoisotopic (exact) mass is 274 g/mol. The summed E-state index contributed by atoms with van der Waals surface area (Å²) in [6.45, 7) is 2.29. The number of benzene rings is 1. The molecule has 0 saturated carbocycles. The highest BCUT2D eigenvalue weighted by Crippen LogP contribution is 2.22. The number of nitrogens with zero attached hydrogens (tertiary/aromatic N) is 1. The molecule has 5 nitrogen and oxygen atoms in total. The summed E-state index contributed by atoms with van der Waals surface area (Å²) >= 11 is 0. The van der Waals surface area contributed by atoms with Gasteiger partial charge < -0.3 is 19.8 Å². The molecule has 0 saturated heterocycles. The fourth-order valence-electron chi connectivity index (χ4n) is 1.96. The zero-order valence-electron chi connectivity index (χ0n) is 11.8. The van der Waals surface area contributed by atoms with Crippen molar-refractivity contribution in [3.05, 3.63) is 47.4 Å². The maximum Gasteiger partial charge on any atom is 0.254 e. The molecule has 2 aromatic rings. The average molecular weight is 274 g/mol. The Bertz CT molecular complexity index is 619. The van der Waals surface area contributed by atoms with Crippen molar-refractivity contribution in [1.29, 1.82) is 0 Å². The van der Waals surface area contributed by atoms with E-state index in [1.54, 1.807) is 37.3 Å². The van der Waals surface area contributed by atoms with E-state index in [9.17, 15) is 4.79 Å². The molecule has 0 unspecified atom stereocenters. The Morgan fingerprint density at radius 3 is 2.65 bits per heavy atom. The number of carbonyl (C=O) groups excluding carboxylic acids is 1. The number of ether oxygens (including phenoxy) is 1. The van der Waals surface area contributed by atoms with Crippen molar-refractivity contribution < 1.29 is 13.9 Å². The second-order valence-electron chi connectivity index (χ2n) is 4.63. The van der Waals surface area contributed by atoms with E-state index in [4.69, 9.17) is 14.9 Å². The number of nitrogen functional groups attached to an aromatic ring is 1. The van der Waals surface area contributed by atoms with Gasteiger partial charge in [0, 0.05) is 12.6 Å². The van der Waals surface area contributed by atoms with E-state index in [1.807, 2.05) is 19.1 Å². The molecule has 2 rings (SSSR count). The third-order valence-corrected chi connectivity index (χ3v) is 3.01. The third-order valence-electron chi connectivity index (χ3n) is 3.01. The van der Waals surface area contributed by atoms with Crippen molar-refractivity contribution in [1.82, 2.24) is 4.90 Å². The number of aryl methyl sites for hydroxylation is 1. The molecule has 0 fully saturated rings. The Kier molecular flexibility index (Phi) is 3.98. The number of rotatable bonds is 4. The lowest BCUT2D eigenvalue weighted by atomic mass is 10.1. The van der Waals surface area contributed by atoms with Crippen LogP contribution in [0.2, 0.25) is 0 Å². The van der Waals surface area contributed by atoms with Crippen molar-refractivity contribution in [3.8, 4) is 5.75 Å². The van der Waals surface area contributed by atoms with Crippen molar-refractivity contribution in [2.75, 3.05) is 19.9 Å². The van der Waals surface area contributed by atoms with Crippen LogP contribution in [0.4, 0.5) is 5.69 Å². The van der Waals surface area contributed by atoms with Gasteiger partial charge in [0.25, 0.3) is 5.91 Å². The summed E-state index contributed by atoms with van der Waals surface area (Å²) < 4.78 is 10.5. The molecule has 0 aliphatic rings. The van der Waals surface area contributed by atoms with Gasteiger partial charge in [-0.3, -0.25) is 4.79 Å². The quantitative estimate of drug-likeness (QED) is 0.869. The molecule has 106 valence electrons. The lowest BCUT2D eigenvalue weighted by molar-refractivity contribution is 0.0775. The number of furan rings is 1. The van der Waals surface area contributed by atoms with E-state index >= 15 is 0 Å². The smallest absolute Gasteiger partial charge is 0.254 e. The maximum absolute atomic E-state index is 12.3. The molecular weight excluding hydrogens is 256 g/mol. The second-order valence-corrected chi connectivity index (χ2v) is 4.63. The second kappa shape index (κ2) is 5.69. The van der Waals surface area contributed by atoms with Crippen molar-refractivity contribution in [3.63, 3.8) is 0 Å². The first kappa shape index (κ1) is 14.0. The Labute approximate surface area is 117 Å². The fraction of sp³-hybridized carbons (Fsp3) is 0.267. The largest absolute Gasteiger partial charge is 0.495 e. The summed E-state index contributed by atoms with van der Waals surface area (Å²) in [7, 11) is 3.26. The van der Waals surface area contributed by atoms with Crippen LogP contribution in [0, 0.1) is 6.92 Å². The summed E-state index contributed by atoms with van der Waals surface area (Å²) in [5.74, 6) is 2.02. The van der Waals surface area contributed by atoms with Crippen LogP contribution in [0.15, 0.2) is 34.7 Å². The van der Waals surface area contributed by atoms with E-state index in [2.05, 4.69) is 0 Å². The van der Waals surface area contributed by atoms with Gasteiger partial charge in [-0.25, -0.2) is 0 Å². The Morgan fingerprint density at radius 2 is 2.10 bits per heavy atom. The van der Waals surface area contributed by atoms with E-state index in [0.717, 1.165) is 11.5 Å². The maximum atomic E-state index is 12.3. The molecule has 0 aliphatic carbocycles. The van der Waals surface area contributed by atoms with Crippen molar-refractivity contribution in [2.45, 2.75) is 13.5 Å². The number of amides is 1. The Balaban J connectivity index is 2.12. The molecular formula is C15H18N2O3. The van der Waals surface area contributed by atoms with E-state index in [-0.39, 0.29) is 5.91 Å². The van der Waals surface area contributed by atoms with E-state index in [0.29, 0.717) is 23.5 Å². The van der Waals surface area contributed by atoms with Crippen LogP contribution in [-0.2, 0) is 6.54 Å². The van der Waals surface area contributed by atoms with Gasteiger partial charge in [-0.2, -0.15) is 0 Å². The zero-order chi connectivity index (χ0) is 14.7. The highest BCUT2D eigenvalue weighted by atomic mass is 16.5. The molecule has 0 aliphatic heterocycles. The highest BCUT2D eigenvalue weighted by Gasteiger charge is 2.14. The first-order chi connectivity index (χ1) is 9.51. The van der Waals surface area contributed by atoms with Gasteiger partial charge in [0.15, 0.2) is 0 Å². The number of hydrogen-bond donors (Lipinski definition) is 1. The lowest BCUT2D eigenvalue weighted by Crippen LogP contribution is -2.26. The van der Waals surface area contributed by atoms with Gasteiger partial charge in [0.2, 0.25) is 0 Å². The van der Waals surface area contributed by atoms with Crippen LogP contribution in [-0.4, -0.2) is 25.0 Å². The summed E-state index contributed by atoms with van der Waals surface area (Å²) in [4.78, 5) is 13.9. The third kappa shape index (κ3) is 2.93. The van der Waals surface area contributed by atoms with Crippen molar-refractivity contribution in [2.24, 2.45) is 0 Å². The number of nitrogens with two attached hydrogens (primary N) is 1. The molecule has 1 aromatic heterocycles. The topological polar surface area (TPSA) is 68.7 Å². The summed E-state index contributed by atoms with van der Waals surface area (Å²) in [6, 6.07) is 8.74. The minimum Gasteiger partial charge on any atom is -0.495 e. The summed E-state index contributed by atoms with van der Waals surface area (Å²) in [5, 5.41) is 0. The van der Waals surface area contributed by atoms with Gasteiger partial charge in [-0.1, -0.05) is 0 Å². The van der Waals surface area contributed by atoms with Crippen molar-refractivity contribution >= 4 is 11.6 Å². The van der Waals surface area contributed by atoms with Crippen LogP contribution in [0.5, 0.6) is 5.75 Å². The van der Waals surface area contributed by atoms with Crippen LogP contribution in [0.3, 0.4) is 0 Å². The molecule has 1 heterocycles. The lowest BCUT2D eigenvalue weighted by Gasteiger charge is -2.16. The number of hydrogen-bond acceptors (Lipinski definition) is 4. The summed E-state index contributed by atoms with van der Waals surface area (Å²) in [5.41, 5.74) is 6.78. The summed E-state index contributed by atoms with van der Waals surface area (Å²) in [6.07, 6.45) is 0. The molecule has 0 atom stereocenters. The van der Waals surface area contributed by atoms with Crippen LogP contribution in [0.25, 0.3) is 0 Å². The Hall–Kier alpha value is -2.43. The van der Waals surface area contributed by atoms with Gasteiger partial charge in [0.1, 0.15) is 17.3 Å². The number of anilines is 1. The molecule has 1 aromatic carbocycles. The first-order valence-corrected chi connectivity index (χ1v) is 6.25. The Morgan fingerprint density at radius 1 is 1.35 bits per heavy atom. The van der Waals surface area contributed by atoms with Crippen LogP contribution >= 0.6 is 0 Å². The molecule has 0 radical (unpaired) electrons. The van der Waals surface area contributed by atoms with Crippen LogP contribution in [0.1, 0.15) is 21.9 Å². The first-order valence-electron chi connectivity index (χ1n) is 6.25. The predicted octanol–water partition coefficient (Wildman–Crippen LogP) is 2.45. The van der Waals surface area contributed by atoms with E-state index in [1.165, 1.54) is 0 Å². The molecule has 20 heavy (non-hydrogen) atoms. The SMILES string of the molecule is COc1ccc(C(=O)N(C)Cc2ccc(C)o2)cc1N. The molecule has 2 N–H and O–H groups in total. The highest BCUT2D eigenvalue weighted by molar-refractivity contribution is 5.95. The minimum atomic E-state index is -0.117. The zero-order valence-corrected chi connectivity index (χ0v) is 11.8. The molecule has 0 spiro atoms. The standard InChI is InChI=1S/C15H18N2O3/c1-10-4-6-12(20-10)9-17(2)15(18)11-5-7-14(19-3)13(16)8-11/h4-8H,9,16H2,1-3H3. The van der Waals surface area contributed by atoms with Gasteiger partial charge in [-0.15, -0.1) is 0 Å². The normalized spacial score (nSPS) is 10.3. The fourth-order valence-corrected chi connectivity index (χ4v) is 1.96. The number of methoxy groups -OCH3 is 1. The van der Waals surface area contributed by atoms with E-state index < -0.39 is 0 Å². The molecule has 5 heteroatoms. The molecule has 1 amide bonds. The average Bonchev–Trinajstić information content (AvgIpc) is 2.83. The van der Waals surface area contributed by atoms with Gasteiger partial charge in [0.05, 0.1) is 19.3 Å². The number of carbonyl (C=O) groups is 1. The van der Waals surface area contributed by atoms with Gasteiger partial charge >= 0.3 is 0 Å². The van der Waals surface area contributed by atoms with Gasteiger partial charge in [-0.05, 0) is 37.3 Å². The molecule has 0 bridgehead atoms. The minimum absolute atomic E-state index is 0.117.